The number of aryl methyl sites for hydroxylation is 1. The van der Waals surface area contributed by atoms with Gasteiger partial charge in [0.1, 0.15) is 0 Å². The Morgan fingerprint density at radius 2 is 1.36 bits per heavy atom. The molecule has 0 atom stereocenters. The maximum Gasteiger partial charge on any atom is -0.00238 e. The Morgan fingerprint density at radius 3 is 2.21 bits per heavy atom. The summed E-state index contributed by atoms with van der Waals surface area (Å²) < 4.78 is 0. The van der Waals surface area contributed by atoms with Gasteiger partial charge in [-0.3, -0.25) is 0 Å². The molecule has 28 heavy (non-hydrogen) atoms. The summed E-state index contributed by atoms with van der Waals surface area (Å²) in [7, 11) is 0. The minimum atomic E-state index is 1.13. The third-order valence-electron chi connectivity index (χ3n) is 5.81. The lowest BCUT2D eigenvalue weighted by molar-refractivity contribution is 0.799. The highest BCUT2D eigenvalue weighted by Crippen LogP contribution is 2.39. The fraction of sp³-hybridized carbons (Fsp3) is 0.143. The second kappa shape index (κ2) is 7.13. The van der Waals surface area contributed by atoms with Crippen LogP contribution < -0.4 is 0 Å². The van der Waals surface area contributed by atoms with Crippen LogP contribution in [-0.2, 0) is 6.42 Å². The third-order valence-corrected chi connectivity index (χ3v) is 5.81. The number of benzene rings is 5. The molecule has 0 aliphatic carbocycles. The molecule has 0 spiro atoms. The van der Waals surface area contributed by atoms with Crippen molar-refractivity contribution in [2.75, 3.05) is 0 Å². The largest absolute Gasteiger partial charge is 0.0654 e. The van der Waals surface area contributed by atoms with Gasteiger partial charge in [-0.1, -0.05) is 92.2 Å². The van der Waals surface area contributed by atoms with Gasteiger partial charge in [0.05, 0.1) is 0 Å². The zero-order valence-corrected chi connectivity index (χ0v) is 16.3. The molecule has 0 unspecified atom stereocenters. The average molecular weight is 361 g/mol. The number of unbranched alkanes of at least 4 members (excludes halogenated alkanes) is 1. The first-order chi connectivity index (χ1) is 13.8. The fourth-order valence-corrected chi connectivity index (χ4v) is 4.42. The van der Waals surface area contributed by atoms with E-state index in [-0.39, 0.29) is 0 Å². The van der Waals surface area contributed by atoms with Crippen LogP contribution in [0.1, 0.15) is 25.3 Å². The summed E-state index contributed by atoms with van der Waals surface area (Å²) in [4.78, 5) is 0. The van der Waals surface area contributed by atoms with Crippen molar-refractivity contribution in [3.05, 3.63) is 96.6 Å². The predicted molar refractivity (Wildman–Crippen MR) is 123 cm³/mol. The van der Waals surface area contributed by atoms with Gasteiger partial charge in [-0.15, -0.1) is 0 Å². The van der Waals surface area contributed by atoms with Crippen LogP contribution >= 0.6 is 0 Å². The summed E-state index contributed by atoms with van der Waals surface area (Å²) in [5, 5.41) is 8.01. The molecule has 0 fully saturated rings. The molecule has 0 aromatic heterocycles. The van der Waals surface area contributed by atoms with Crippen molar-refractivity contribution in [3.8, 4) is 11.1 Å². The van der Waals surface area contributed by atoms with E-state index in [2.05, 4.69) is 97.9 Å². The average Bonchev–Trinajstić information content (AvgIpc) is 2.75. The topological polar surface area (TPSA) is 0 Å². The van der Waals surface area contributed by atoms with E-state index in [1.165, 1.54) is 61.8 Å². The first-order valence-electron chi connectivity index (χ1n) is 10.3. The van der Waals surface area contributed by atoms with Crippen molar-refractivity contribution in [3.63, 3.8) is 0 Å². The first-order valence-corrected chi connectivity index (χ1v) is 10.3. The number of hydrogen-bond acceptors (Lipinski definition) is 0. The van der Waals surface area contributed by atoms with Crippen LogP contribution in [0.2, 0.25) is 0 Å². The SMILES string of the molecule is CCCCc1cccc2cc3ccccc3c(-c3ccc4ccccc4c3)c12. The second-order valence-corrected chi connectivity index (χ2v) is 7.65. The van der Waals surface area contributed by atoms with Gasteiger partial charge in [0.25, 0.3) is 0 Å². The summed E-state index contributed by atoms with van der Waals surface area (Å²) in [5.41, 5.74) is 4.16. The molecule has 5 aromatic rings. The number of fused-ring (bicyclic) bond motifs is 3. The van der Waals surface area contributed by atoms with E-state index in [4.69, 9.17) is 0 Å². The molecule has 0 nitrogen and oxygen atoms in total. The summed E-state index contributed by atoms with van der Waals surface area (Å²) in [6, 6.07) is 33.5. The van der Waals surface area contributed by atoms with Crippen molar-refractivity contribution >= 4 is 32.3 Å². The van der Waals surface area contributed by atoms with Gasteiger partial charge in [-0.25, -0.2) is 0 Å². The van der Waals surface area contributed by atoms with Crippen molar-refractivity contribution in [2.45, 2.75) is 26.2 Å². The summed E-state index contributed by atoms with van der Waals surface area (Å²) in [5.74, 6) is 0. The smallest absolute Gasteiger partial charge is 0.00238 e. The standard InChI is InChI=1S/C28H24/c1-2-3-9-21-13-8-14-24-19-23-12-6-7-15-26(23)28(27(21)24)25-17-16-20-10-4-5-11-22(20)18-25/h4-8,10-19H,2-3,9H2,1H3. The highest BCUT2D eigenvalue weighted by Gasteiger charge is 2.13. The van der Waals surface area contributed by atoms with Crippen molar-refractivity contribution in [1.82, 2.24) is 0 Å². The van der Waals surface area contributed by atoms with Gasteiger partial charge >= 0.3 is 0 Å². The molecule has 0 aliphatic heterocycles. The van der Waals surface area contributed by atoms with Crippen LogP contribution in [0.3, 0.4) is 0 Å². The van der Waals surface area contributed by atoms with Crippen molar-refractivity contribution in [1.29, 1.82) is 0 Å². The van der Waals surface area contributed by atoms with Crippen LogP contribution in [0.25, 0.3) is 43.4 Å². The maximum atomic E-state index is 2.35. The Hall–Kier alpha value is -3.12. The lowest BCUT2D eigenvalue weighted by Crippen LogP contribution is -1.92. The third kappa shape index (κ3) is 2.86. The second-order valence-electron chi connectivity index (χ2n) is 7.65. The molecule has 5 aromatic carbocycles. The van der Waals surface area contributed by atoms with Crippen LogP contribution in [-0.4, -0.2) is 0 Å². The van der Waals surface area contributed by atoms with E-state index in [0.717, 1.165) is 6.42 Å². The molecule has 0 saturated carbocycles. The van der Waals surface area contributed by atoms with Crippen LogP contribution in [0, 0.1) is 0 Å². The van der Waals surface area contributed by atoms with E-state index < -0.39 is 0 Å². The van der Waals surface area contributed by atoms with Gasteiger partial charge < -0.3 is 0 Å². The lowest BCUT2D eigenvalue weighted by atomic mass is 9.87. The Bertz CT molecular complexity index is 1290. The van der Waals surface area contributed by atoms with Gasteiger partial charge in [0.15, 0.2) is 0 Å². The zero-order valence-electron chi connectivity index (χ0n) is 16.3. The highest BCUT2D eigenvalue weighted by atomic mass is 14.2. The molecule has 0 heteroatoms. The van der Waals surface area contributed by atoms with Crippen molar-refractivity contribution < 1.29 is 0 Å². The normalized spacial score (nSPS) is 11.5. The van der Waals surface area contributed by atoms with E-state index in [0.29, 0.717) is 0 Å². The molecule has 0 bridgehead atoms. The molecule has 0 N–H and O–H groups in total. The summed E-state index contributed by atoms with van der Waals surface area (Å²) >= 11 is 0. The molecule has 0 amide bonds. The Balaban J connectivity index is 1.89. The molecule has 0 radical (unpaired) electrons. The highest BCUT2D eigenvalue weighted by molar-refractivity contribution is 6.14. The fourth-order valence-electron chi connectivity index (χ4n) is 4.42. The number of hydrogen-bond donors (Lipinski definition) is 0. The zero-order chi connectivity index (χ0) is 18.9. The monoisotopic (exact) mass is 360 g/mol. The van der Waals surface area contributed by atoms with Gasteiger partial charge in [0.2, 0.25) is 0 Å². The summed E-state index contributed by atoms with van der Waals surface area (Å²) in [6.45, 7) is 2.27. The van der Waals surface area contributed by atoms with Gasteiger partial charge in [0, 0.05) is 0 Å². The maximum absolute atomic E-state index is 2.35. The quantitative estimate of drug-likeness (QED) is 0.284. The predicted octanol–water partition coefficient (Wildman–Crippen LogP) is 8.16. The molecule has 5 rings (SSSR count). The molecule has 0 heterocycles. The molecule has 0 saturated heterocycles. The first kappa shape index (κ1) is 17.0. The van der Waals surface area contributed by atoms with Crippen LogP contribution in [0.15, 0.2) is 91.0 Å². The van der Waals surface area contributed by atoms with Crippen molar-refractivity contribution in [2.24, 2.45) is 0 Å². The Morgan fingerprint density at radius 1 is 0.607 bits per heavy atom. The van der Waals surface area contributed by atoms with Gasteiger partial charge in [-0.05, 0) is 74.0 Å². The molecular formula is C28H24. The molecule has 0 aliphatic rings. The van der Waals surface area contributed by atoms with E-state index in [9.17, 15) is 0 Å². The van der Waals surface area contributed by atoms with Crippen LogP contribution in [0.4, 0.5) is 0 Å². The minimum Gasteiger partial charge on any atom is -0.0654 e. The van der Waals surface area contributed by atoms with E-state index >= 15 is 0 Å². The lowest BCUT2D eigenvalue weighted by Gasteiger charge is -2.16. The Labute approximate surface area is 166 Å². The molecule has 136 valence electrons. The van der Waals surface area contributed by atoms with Crippen LogP contribution in [0.5, 0.6) is 0 Å². The molecular weight excluding hydrogens is 336 g/mol. The minimum absolute atomic E-state index is 1.13. The van der Waals surface area contributed by atoms with E-state index in [1.54, 1.807) is 0 Å². The van der Waals surface area contributed by atoms with Gasteiger partial charge in [-0.2, -0.15) is 0 Å². The van der Waals surface area contributed by atoms with E-state index in [1.807, 2.05) is 0 Å². The summed E-state index contributed by atoms with van der Waals surface area (Å²) in [6.07, 6.45) is 3.57. The number of rotatable bonds is 4. The Kier molecular flexibility index (Phi) is 4.33.